The third-order valence-corrected chi connectivity index (χ3v) is 3.61. The SMILES string of the molecule is COC(=O)Cc1ccc(CNC(C)CN(C)C)s1. The zero-order valence-electron chi connectivity index (χ0n) is 11.5. The van der Waals surface area contributed by atoms with Crippen molar-refractivity contribution in [2.45, 2.75) is 25.9 Å². The van der Waals surface area contributed by atoms with Gasteiger partial charge in [0.15, 0.2) is 0 Å². The van der Waals surface area contributed by atoms with Gasteiger partial charge in [0.25, 0.3) is 0 Å². The van der Waals surface area contributed by atoms with Gasteiger partial charge in [-0.1, -0.05) is 0 Å². The van der Waals surface area contributed by atoms with E-state index < -0.39 is 0 Å². The molecular weight excluding hydrogens is 248 g/mol. The molecule has 0 fully saturated rings. The van der Waals surface area contributed by atoms with Gasteiger partial charge in [-0.15, -0.1) is 11.3 Å². The molecule has 0 aliphatic heterocycles. The first-order valence-corrected chi connectivity index (χ1v) is 6.85. The van der Waals surface area contributed by atoms with Crippen LogP contribution in [0.15, 0.2) is 12.1 Å². The van der Waals surface area contributed by atoms with Gasteiger partial charge in [-0.05, 0) is 33.2 Å². The maximum absolute atomic E-state index is 11.1. The Morgan fingerprint density at radius 1 is 1.44 bits per heavy atom. The molecule has 18 heavy (non-hydrogen) atoms. The summed E-state index contributed by atoms with van der Waals surface area (Å²) in [7, 11) is 5.55. The number of nitrogens with zero attached hydrogens (tertiary/aromatic N) is 1. The maximum atomic E-state index is 11.1. The van der Waals surface area contributed by atoms with E-state index in [9.17, 15) is 4.79 Å². The number of methoxy groups -OCH3 is 1. The fourth-order valence-corrected chi connectivity index (χ4v) is 2.67. The van der Waals surface area contributed by atoms with Crippen molar-refractivity contribution in [3.63, 3.8) is 0 Å². The van der Waals surface area contributed by atoms with Crippen molar-refractivity contribution < 1.29 is 9.53 Å². The first kappa shape index (κ1) is 15.1. The molecule has 0 radical (unpaired) electrons. The van der Waals surface area contributed by atoms with Gasteiger partial charge in [-0.2, -0.15) is 0 Å². The van der Waals surface area contributed by atoms with E-state index >= 15 is 0 Å². The summed E-state index contributed by atoms with van der Waals surface area (Å²) in [6.45, 7) is 4.03. The zero-order valence-corrected chi connectivity index (χ0v) is 12.3. The third-order valence-electron chi connectivity index (χ3n) is 2.53. The second-order valence-electron chi connectivity index (χ2n) is 4.67. The summed E-state index contributed by atoms with van der Waals surface area (Å²) in [5.41, 5.74) is 0. The number of carbonyl (C=O) groups is 1. The van der Waals surface area contributed by atoms with Gasteiger partial charge in [-0.25, -0.2) is 0 Å². The molecule has 1 heterocycles. The van der Waals surface area contributed by atoms with E-state index in [1.807, 2.05) is 6.07 Å². The van der Waals surface area contributed by atoms with Crippen LogP contribution in [0, 0.1) is 0 Å². The fourth-order valence-electron chi connectivity index (χ4n) is 1.71. The molecule has 1 aromatic rings. The second kappa shape index (κ2) is 7.51. The van der Waals surface area contributed by atoms with E-state index in [-0.39, 0.29) is 5.97 Å². The van der Waals surface area contributed by atoms with Crippen LogP contribution in [0.25, 0.3) is 0 Å². The predicted molar refractivity (Wildman–Crippen MR) is 74.9 cm³/mol. The van der Waals surface area contributed by atoms with Crippen LogP contribution in [0.3, 0.4) is 0 Å². The summed E-state index contributed by atoms with van der Waals surface area (Å²) in [5.74, 6) is -0.183. The predicted octanol–water partition coefficient (Wildman–Crippen LogP) is 1.50. The molecule has 1 aromatic heterocycles. The largest absolute Gasteiger partial charge is 0.469 e. The van der Waals surface area contributed by atoms with Crippen molar-refractivity contribution in [1.29, 1.82) is 0 Å². The van der Waals surface area contributed by atoms with Gasteiger partial charge in [0.2, 0.25) is 0 Å². The molecule has 0 spiro atoms. The Morgan fingerprint density at radius 3 is 2.72 bits per heavy atom. The Kier molecular flexibility index (Phi) is 6.32. The summed E-state index contributed by atoms with van der Waals surface area (Å²) in [6.07, 6.45) is 0.369. The summed E-state index contributed by atoms with van der Waals surface area (Å²) >= 11 is 1.66. The lowest BCUT2D eigenvalue weighted by atomic mass is 10.3. The van der Waals surface area contributed by atoms with Crippen LogP contribution >= 0.6 is 11.3 Å². The summed E-state index contributed by atoms with van der Waals surface area (Å²) < 4.78 is 4.65. The highest BCUT2D eigenvalue weighted by molar-refractivity contribution is 7.12. The van der Waals surface area contributed by atoms with Crippen LogP contribution in [0.2, 0.25) is 0 Å². The minimum atomic E-state index is -0.183. The number of ether oxygens (including phenoxy) is 1. The average molecular weight is 270 g/mol. The van der Waals surface area contributed by atoms with Crippen LogP contribution in [-0.2, 0) is 22.5 Å². The molecule has 1 rings (SSSR count). The van der Waals surface area contributed by atoms with Crippen LogP contribution in [0.1, 0.15) is 16.7 Å². The molecule has 4 nitrogen and oxygen atoms in total. The summed E-state index contributed by atoms with van der Waals surface area (Å²) in [6, 6.07) is 4.51. The van der Waals surface area contributed by atoms with Crippen molar-refractivity contribution in [2.24, 2.45) is 0 Å². The number of hydrogen-bond donors (Lipinski definition) is 1. The lowest BCUT2D eigenvalue weighted by Crippen LogP contribution is -2.35. The number of nitrogens with one attached hydrogen (secondary N) is 1. The van der Waals surface area contributed by atoms with E-state index in [1.54, 1.807) is 11.3 Å². The van der Waals surface area contributed by atoms with Gasteiger partial charge in [0, 0.05) is 28.9 Å². The quantitative estimate of drug-likeness (QED) is 0.763. The Balaban J connectivity index is 2.37. The van der Waals surface area contributed by atoms with Crippen molar-refractivity contribution >= 4 is 17.3 Å². The molecule has 0 saturated carbocycles. The van der Waals surface area contributed by atoms with Crippen LogP contribution in [0.4, 0.5) is 0 Å². The third kappa shape index (κ3) is 5.62. The van der Waals surface area contributed by atoms with E-state index in [1.165, 1.54) is 12.0 Å². The first-order chi connectivity index (χ1) is 8.51. The van der Waals surface area contributed by atoms with Crippen molar-refractivity contribution in [1.82, 2.24) is 10.2 Å². The Hall–Kier alpha value is -0.910. The molecule has 0 aliphatic carbocycles. The summed E-state index contributed by atoms with van der Waals surface area (Å²) in [5, 5.41) is 3.46. The average Bonchev–Trinajstić information content (AvgIpc) is 2.73. The Morgan fingerprint density at radius 2 is 2.11 bits per heavy atom. The fraction of sp³-hybridized carbons (Fsp3) is 0.615. The molecule has 1 unspecified atom stereocenters. The van der Waals surface area contributed by atoms with Gasteiger partial charge >= 0.3 is 5.97 Å². The molecule has 102 valence electrons. The first-order valence-electron chi connectivity index (χ1n) is 6.03. The lowest BCUT2D eigenvalue weighted by molar-refractivity contribution is -0.139. The number of thiophene rings is 1. The number of likely N-dealkylation sites (N-methyl/N-ethyl adjacent to an activating group) is 1. The number of rotatable bonds is 7. The Bertz CT molecular complexity index is 377. The minimum absolute atomic E-state index is 0.183. The highest BCUT2D eigenvalue weighted by atomic mass is 32.1. The van der Waals surface area contributed by atoms with Crippen molar-refractivity contribution in [3.8, 4) is 0 Å². The molecule has 0 aromatic carbocycles. The normalized spacial score (nSPS) is 12.7. The molecule has 0 bridgehead atoms. The molecule has 0 aliphatic rings. The monoisotopic (exact) mass is 270 g/mol. The van der Waals surface area contributed by atoms with Gasteiger partial charge < -0.3 is 15.0 Å². The number of esters is 1. The highest BCUT2D eigenvalue weighted by Crippen LogP contribution is 2.17. The number of hydrogen-bond acceptors (Lipinski definition) is 5. The Labute approximate surface area is 113 Å². The lowest BCUT2D eigenvalue weighted by Gasteiger charge is -2.17. The van der Waals surface area contributed by atoms with Crippen LogP contribution < -0.4 is 5.32 Å². The van der Waals surface area contributed by atoms with E-state index in [2.05, 4.69) is 42.0 Å². The molecule has 1 atom stereocenters. The second-order valence-corrected chi connectivity index (χ2v) is 5.92. The van der Waals surface area contributed by atoms with Crippen molar-refractivity contribution in [3.05, 3.63) is 21.9 Å². The van der Waals surface area contributed by atoms with E-state index in [0.717, 1.165) is 18.0 Å². The van der Waals surface area contributed by atoms with Crippen LogP contribution in [-0.4, -0.2) is 44.7 Å². The molecule has 0 saturated heterocycles. The van der Waals surface area contributed by atoms with Gasteiger partial charge in [-0.3, -0.25) is 4.79 Å². The smallest absolute Gasteiger partial charge is 0.310 e. The van der Waals surface area contributed by atoms with Crippen molar-refractivity contribution in [2.75, 3.05) is 27.7 Å². The van der Waals surface area contributed by atoms with Gasteiger partial charge in [0.1, 0.15) is 0 Å². The van der Waals surface area contributed by atoms with E-state index in [4.69, 9.17) is 0 Å². The zero-order chi connectivity index (χ0) is 13.5. The maximum Gasteiger partial charge on any atom is 0.310 e. The summed E-state index contributed by atoms with van der Waals surface area (Å²) in [4.78, 5) is 15.6. The standard InChI is InChI=1S/C13H22N2O2S/c1-10(9-15(2)3)14-8-12-6-5-11(18-12)7-13(16)17-4/h5-6,10,14H,7-9H2,1-4H3. The van der Waals surface area contributed by atoms with E-state index in [0.29, 0.717) is 12.5 Å². The highest BCUT2D eigenvalue weighted by Gasteiger charge is 2.07. The minimum Gasteiger partial charge on any atom is -0.469 e. The molecule has 0 amide bonds. The topological polar surface area (TPSA) is 41.6 Å². The molecule has 5 heteroatoms. The number of carbonyl (C=O) groups excluding carboxylic acids is 1. The molecular formula is C13H22N2O2S. The van der Waals surface area contributed by atoms with Crippen LogP contribution in [0.5, 0.6) is 0 Å². The van der Waals surface area contributed by atoms with Gasteiger partial charge in [0.05, 0.1) is 13.5 Å². The molecule has 1 N–H and O–H groups in total.